The van der Waals surface area contributed by atoms with Crippen LogP contribution in [-0.4, -0.2) is 47.4 Å². The Kier molecular flexibility index (Phi) is 6.23. The molecule has 4 amide bonds. The Morgan fingerprint density at radius 1 is 1.12 bits per heavy atom. The molecular formula is C19H28N4O3. The predicted molar refractivity (Wildman–Crippen MR) is 101 cm³/mol. The van der Waals surface area contributed by atoms with Gasteiger partial charge in [-0.1, -0.05) is 32.0 Å². The summed E-state index contributed by atoms with van der Waals surface area (Å²) in [5.74, 6) is 0.135. The molecule has 1 aliphatic heterocycles. The van der Waals surface area contributed by atoms with E-state index < -0.39 is 17.6 Å². The van der Waals surface area contributed by atoms with E-state index in [4.69, 9.17) is 0 Å². The normalized spacial score (nSPS) is 16.4. The maximum absolute atomic E-state index is 12.4. The van der Waals surface area contributed by atoms with E-state index in [2.05, 4.69) is 16.0 Å². The molecule has 26 heavy (non-hydrogen) atoms. The number of amides is 4. The van der Waals surface area contributed by atoms with Crippen LogP contribution in [0.4, 0.5) is 10.5 Å². The first-order chi connectivity index (χ1) is 12.2. The van der Waals surface area contributed by atoms with Crippen LogP contribution < -0.4 is 16.0 Å². The van der Waals surface area contributed by atoms with Gasteiger partial charge in [-0.3, -0.25) is 9.59 Å². The maximum Gasteiger partial charge on any atom is 0.319 e. The van der Waals surface area contributed by atoms with Gasteiger partial charge in [0.05, 0.1) is 5.54 Å². The van der Waals surface area contributed by atoms with Gasteiger partial charge < -0.3 is 20.9 Å². The summed E-state index contributed by atoms with van der Waals surface area (Å²) in [6.07, 6.45) is 0.473. The van der Waals surface area contributed by atoms with E-state index in [0.29, 0.717) is 31.1 Å². The van der Waals surface area contributed by atoms with Crippen LogP contribution in [0.2, 0.25) is 0 Å². The smallest absolute Gasteiger partial charge is 0.319 e. The van der Waals surface area contributed by atoms with Crippen molar-refractivity contribution in [1.82, 2.24) is 15.5 Å². The van der Waals surface area contributed by atoms with Crippen LogP contribution in [0.3, 0.4) is 0 Å². The topological polar surface area (TPSA) is 90.5 Å². The summed E-state index contributed by atoms with van der Waals surface area (Å²) in [4.78, 5) is 38.0. The molecule has 1 aliphatic rings. The molecule has 7 nitrogen and oxygen atoms in total. The number of nitrogens with zero attached hydrogens (tertiary/aromatic N) is 1. The number of rotatable bonds is 6. The molecule has 142 valence electrons. The molecule has 1 fully saturated rings. The van der Waals surface area contributed by atoms with Crippen LogP contribution in [0, 0.1) is 5.92 Å². The Hall–Kier alpha value is -2.57. The second-order valence-electron chi connectivity index (χ2n) is 7.59. The van der Waals surface area contributed by atoms with Gasteiger partial charge >= 0.3 is 6.03 Å². The van der Waals surface area contributed by atoms with E-state index in [1.54, 1.807) is 24.0 Å². The minimum absolute atomic E-state index is 0.00279. The van der Waals surface area contributed by atoms with Crippen molar-refractivity contribution in [2.75, 3.05) is 18.4 Å². The summed E-state index contributed by atoms with van der Waals surface area (Å²) in [6, 6.07) is 7.97. The molecule has 1 unspecified atom stereocenters. The lowest BCUT2D eigenvalue weighted by molar-refractivity contribution is -0.143. The third kappa shape index (κ3) is 5.47. The molecule has 7 heteroatoms. The lowest BCUT2D eigenvalue weighted by Gasteiger charge is -2.49. The van der Waals surface area contributed by atoms with Gasteiger partial charge in [0.2, 0.25) is 11.8 Å². The highest BCUT2D eigenvalue weighted by atomic mass is 16.2. The summed E-state index contributed by atoms with van der Waals surface area (Å²) >= 11 is 0. The van der Waals surface area contributed by atoms with Gasteiger partial charge in [0.1, 0.15) is 6.04 Å². The minimum atomic E-state index is -0.644. The minimum Gasteiger partial charge on any atom is -0.347 e. The second-order valence-corrected chi connectivity index (χ2v) is 7.59. The Morgan fingerprint density at radius 2 is 1.73 bits per heavy atom. The fourth-order valence-corrected chi connectivity index (χ4v) is 3.01. The van der Waals surface area contributed by atoms with Crippen molar-refractivity contribution in [3.63, 3.8) is 0 Å². The number of carbonyl (C=O) groups is 3. The highest BCUT2D eigenvalue weighted by Gasteiger charge is 2.43. The van der Waals surface area contributed by atoms with E-state index in [0.717, 1.165) is 0 Å². The van der Waals surface area contributed by atoms with Crippen LogP contribution in [0.5, 0.6) is 0 Å². The Bertz CT molecular complexity index is 654. The quantitative estimate of drug-likeness (QED) is 0.724. The SMILES string of the molecule is CC(C)CC(=O)NC1(C)CN(C(=O)C(C)NC(=O)Nc2ccccc2)C1. The van der Waals surface area contributed by atoms with Gasteiger partial charge in [-0.05, 0) is 31.9 Å². The highest BCUT2D eigenvalue weighted by molar-refractivity contribution is 5.93. The molecule has 3 N–H and O–H groups in total. The monoisotopic (exact) mass is 360 g/mol. The average Bonchev–Trinajstić information content (AvgIpc) is 2.51. The first-order valence-corrected chi connectivity index (χ1v) is 8.91. The van der Waals surface area contributed by atoms with E-state index in [1.165, 1.54) is 0 Å². The number of carbonyl (C=O) groups excluding carboxylic acids is 3. The van der Waals surface area contributed by atoms with Crippen LogP contribution in [0.15, 0.2) is 30.3 Å². The fraction of sp³-hybridized carbons (Fsp3) is 0.526. The number of nitrogens with one attached hydrogen (secondary N) is 3. The van der Waals surface area contributed by atoms with Crippen molar-refractivity contribution in [3.8, 4) is 0 Å². The molecule has 1 atom stereocenters. The van der Waals surface area contributed by atoms with Gasteiger partial charge in [0, 0.05) is 25.2 Å². The zero-order valence-corrected chi connectivity index (χ0v) is 15.8. The Labute approximate surface area is 154 Å². The van der Waals surface area contributed by atoms with E-state index >= 15 is 0 Å². The number of para-hydroxylation sites is 1. The number of anilines is 1. The molecule has 0 aromatic heterocycles. The van der Waals surface area contributed by atoms with Crippen LogP contribution in [0.25, 0.3) is 0 Å². The van der Waals surface area contributed by atoms with E-state index in [1.807, 2.05) is 39.0 Å². The first-order valence-electron chi connectivity index (χ1n) is 8.91. The zero-order valence-electron chi connectivity index (χ0n) is 15.8. The third-order valence-electron chi connectivity index (χ3n) is 4.18. The Balaban J connectivity index is 1.77. The fourth-order valence-electron chi connectivity index (χ4n) is 3.01. The summed E-state index contributed by atoms with van der Waals surface area (Å²) in [7, 11) is 0. The zero-order chi connectivity index (χ0) is 19.3. The van der Waals surface area contributed by atoms with Crippen molar-refractivity contribution in [2.24, 2.45) is 5.92 Å². The highest BCUT2D eigenvalue weighted by Crippen LogP contribution is 2.21. The van der Waals surface area contributed by atoms with Crippen molar-refractivity contribution >= 4 is 23.5 Å². The molecule has 1 aromatic carbocycles. The van der Waals surface area contributed by atoms with Gasteiger partial charge in [0.25, 0.3) is 0 Å². The summed E-state index contributed by atoms with van der Waals surface area (Å²) < 4.78 is 0. The first kappa shape index (κ1) is 19.8. The molecule has 0 spiro atoms. The molecule has 1 saturated heterocycles. The molecule has 1 aromatic rings. The van der Waals surface area contributed by atoms with Crippen molar-refractivity contribution in [1.29, 1.82) is 0 Å². The molecule has 0 saturated carbocycles. The lowest BCUT2D eigenvalue weighted by Crippen LogP contribution is -2.71. The summed E-state index contributed by atoms with van der Waals surface area (Å²) in [5.41, 5.74) is 0.266. The molecule has 1 heterocycles. The number of urea groups is 1. The second kappa shape index (κ2) is 8.21. The van der Waals surface area contributed by atoms with Gasteiger partial charge in [-0.25, -0.2) is 4.79 Å². The van der Waals surface area contributed by atoms with Crippen molar-refractivity contribution in [3.05, 3.63) is 30.3 Å². The number of benzene rings is 1. The van der Waals surface area contributed by atoms with Crippen molar-refractivity contribution in [2.45, 2.75) is 45.7 Å². The molecule has 0 aliphatic carbocycles. The standard InChI is InChI=1S/C19H28N4O3/c1-13(2)10-16(24)22-19(4)11-23(12-19)17(25)14(3)20-18(26)21-15-8-6-5-7-9-15/h5-9,13-14H,10-12H2,1-4H3,(H,22,24)(H2,20,21,26). The third-order valence-corrected chi connectivity index (χ3v) is 4.18. The number of likely N-dealkylation sites (tertiary alicyclic amines) is 1. The molecule has 0 radical (unpaired) electrons. The largest absolute Gasteiger partial charge is 0.347 e. The van der Waals surface area contributed by atoms with Gasteiger partial charge in [-0.2, -0.15) is 0 Å². The van der Waals surface area contributed by atoms with Crippen LogP contribution in [-0.2, 0) is 9.59 Å². The van der Waals surface area contributed by atoms with E-state index in [-0.39, 0.29) is 11.8 Å². The van der Waals surface area contributed by atoms with E-state index in [9.17, 15) is 14.4 Å². The molecular weight excluding hydrogens is 332 g/mol. The maximum atomic E-state index is 12.4. The van der Waals surface area contributed by atoms with Gasteiger partial charge in [-0.15, -0.1) is 0 Å². The summed E-state index contributed by atoms with van der Waals surface area (Å²) in [6.45, 7) is 8.46. The lowest BCUT2D eigenvalue weighted by atomic mass is 9.91. The summed E-state index contributed by atoms with van der Waals surface area (Å²) in [5, 5.41) is 8.32. The average molecular weight is 360 g/mol. The number of hydrogen-bond donors (Lipinski definition) is 3. The number of hydrogen-bond acceptors (Lipinski definition) is 3. The van der Waals surface area contributed by atoms with Crippen LogP contribution in [0.1, 0.15) is 34.1 Å². The molecule has 0 bridgehead atoms. The molecule has 2 rings (SSSR count). The van der Waals surface area contributed by atoms with Crippen molar-refractivity contribution < 1.29 is 14.4 Å². The Morgan fingerprint density at radius 3 is 2.31 bits per heavy atom. The predicted octanol–water partition coefficient (Wildman–Crippen LogP) is 1.96. The van der Waals surface area contributed by atoms with Crippen LogP contribution >= 0.6 is 0 Å². The van der Waals surface area contributed by atoms with Gasteiger partial charge in [0.15, 0.2) is 0 Å².